The Morgan fingerprint density at radius 1 is 1.32 bits per heavy atom. The number of nitro groups is 1. The highest BCUT2D eigenvalue weighted by molar-refractivity contribution is 7.89. The maximum Gasteiger partial charge on any atom is 0.269 e. The molecule has 4 atom stereocenters. The molecule has 1 aliphatic rings. The van der Waals surface area contributed by atoms with Gasteiger partial charge in [0.15, 0.2) is 0 Å². The lowest BCUT2D eigenvalue weighted by Crippen LogP contribution is -2.58. The quantitative estimate of drug-likeness (QED) is 0.437. The molecule has 1 unspecified atom stereocenters. The second-order valence-electron chi connectivity index (χ2n) is 7.20. The van der Waals surface area contributed by atoms with E-state index < -0.39 is 25.0 Å². The van der Waals surface area contributed by atoms with Gasteiger partial charge in [0, 0.05) is 17.0 Å². The fraction of sp³-hybridized carbons (Fsp3) is 0.647. The van der Waals surface area contributed by atoms with Gasteiger partial charge in [-0.2, -0.15) is 0 Å². The number of nitrogens with zero attached hydrogens (tertiary/aromatic N) is 1. The average Bonchev–Trinajstić information content (AvgIpc) is 2.53. The summed E-state index contributed by atoms with van der Waals surface area (Å²) in [4.78, 5) is 10.5. The van der Waals surface area contributed by atoms with Gasteiger partial charge >= 0.3 is 0 Å². The summed E-state index contributed by atoms with van der Waals surface area (Å²) in [6.45, 7) is 5.99. The molecule has 1 fully saturated rings. The van der Waals surface area contributed by atoms with Crippen LogP contribution in [-0.2, 0) is 10.8 Å². The third-order valence-electron chi connectivity index (χ3n) is 5.05. The largest absolute Gasteiger partial charge is 0.385 e. The molecule has 0 aromatic heterocycles. The highest BCUT2D eigenvalue weighted by atomic mass is 35.5. The highest BCUT2D eigenvalue weighted by Gasteiger charge is 2.59. The van der Waals surface area contributed by atoms with Crippen LogP contribution in [0.3, 0.4) is 0 Å². The van der Waals surface area contributed by atoms with Crippen LogP contribution in [0, 0.1) is 27.9 Å². The molecule has 140 valence electrons. The summed E-state index contributed by atoms with van der Waals surface area (Å²) in [5.74, 6) is 0.162. The van der Waals surface area contributed by atoms with Crippen LogP contribution in [0.1, 0.15) is 40.0 Å². The minimum atomic E-state index is -1.95. The number of nitro benzene ring substituents is 1. The zero-order chi connectivity index (χ0) is 19.0. The van der Waals surface area contributed by atoms with E-state index in [4.69, 9.17) is 23.2 Å². The van der Waals surface area contributed by atoms with Crippen molar-refractivity contribution >= 4 is 39.7 Å². The molecule has 0 spiro atoms. The zero-order valence-corrected chi connectivity index (χ0v) is 16.8. The molecule has 1 saturated carbocycles. The fourth-order valence-electron chi connectivity index (χ4n) is 3.71. The number of halogens is 2. The first kappa shape index (κ1) is 20.6. The van der Waals surface area contributed by atoms with Gasteiger partial charge in [0.2, 0.25) is 3.67 Å². The van der Waals surface area contributed by atoms with E-state index in [-0.39, 0.29) is 28.3 Å². The number of alkyl halides is 2. The van der Waals surface area contributed by atoms with Crippen LogP contribution in [0.25, 0.3) is 0 Å². The molecule has 0 saturated heterocycles. The van der Waals surface area contributed by atoms with Crippen LogP contribution in [0.4, 0.5) is 5.69 Å². The number of aliphatic hydroxyl groups is 1. The van der Waals surface area contributed by atoms with Gasteiger partial charge in [-0.1, -0.05) is 50.4 Å². The summed E-state index contributed by atoms with van der Waals surface area (Å²) in [6.07, 6.45) is 2.08. The van der Waals surface area contributed by atoms with Gasteiger partial charge in [-0.3, -0.25) is 14.3 Å². The van der Waals surface area contributed by atoms with Gasteiger partial charge in [-0.05, 0) is 42.7 Å². The van der Waals surface area contributed by atoms with Crippen LogP contribution in [0.2, 0.25) is 0 Å². The van der Waals surface area contributed by atoms with Crippen LogP contribution in [-0.4, -0.2) is 23.5 Å². The monoisotopic (exact) mass is 407 g/mol. The summed E-state index contributed by atoms with van der Waals surface area (Å²) in [5, 5.41) is 22.2. The van der Waals surface area contributed by atoms with Gasteiger partial charge in [0.1, 0.15) is 5.60 Å². The predicted octanol–water partition coefficient (Wildman–Crippen LogP) is 4.66. The molecular formula is C17H23Cl2NO4S. The Hall–Kier alpha value is -0.690. The molecule has 1 N–H and O–H groups in total. The molecule has 0 radical (unpaired) electrons. The molecule has 0 aliphatic heterocycles. The molecule has 1 aliphatic carbocycles. The fourth-order valence-corrected chi connectivity index (χ4v) is 5.91. The van der Waals surface area contributed by atoms with Crippen molar-refractivity contribution in [3.8, 4) is 0 Å². The number of non-ortho nitro benzene ring substituents is 1. The van der Waals surface area contributed by atoms with Gasteiger partial charge in [0.05, 0.1) is 15.7 Å². The first-order chi connectivity index (χ1) is 11.5. The Morgan fingerprint density at radius 2 is 1.88 bits per heavy atom. The molecule has 1 aromatic rings. The maximum atomic E-state index is 13.0. The standard InChI is InChI=1S/C17H23Cl2NO4S/c1-11(2)15-9-4-12(3)10-16(15,21)17(18,19)25(24)14-7-5-13(6-8-14)20(22)23/h5-8,11-12,15,21H,4,9-10H2,1-3H3/t12-,15+,16+,25?/m1/s1. The number of hydrogen-bond donors (Lipinski definition) is 1. The molecule has 5 nitrogen and oxygen atoms in total. The normalized spacial score (nSPS) is 28.8. The Balaban J connectivity index is 2.39. The molecule has 0 amide bonds. The van der Waals surface area contributed by atoms with Crippen molar-refractivity contribution in [3.05, 3.63) is 34.4 Å². The van der Waals surface area contributed by atoms with Crippen molar-refractivity contribution in [1.29, 1.82) is 0 Å². The maximum absolute atomic E-state index is 13.0. The summed E-state index contributed by atoms with van der Waals surface area (Å²) in [7, 11) is -1.95. The van der Waals surface area contributed by atoms with E-state index >= 15 is 0 Å². The molecule has 1 aromatic carbocycles. The Bertz CT molecular complexity index is 665. The van der Waals surface area contributed by atoms with Crippen molar-refractivity contribution in [2.45, 2.75) is 54.2 Å². The first-order valence-electron chi connectivity index (χ1n) is 8.27. The highest BCUT2D eigenvalue weighted by Crippen LogP contribution is 2.53. The lowest BCUT2D eigenvalue weighted by Gasteiger charge is -2.49. The predicted molar refractivity (Wildman–Crippen MR) is 100 cm³/mol. The van der Waals surface area contributed by atoms with Crippen molar-refractivity contribution in [2.24, 2.45) is 17.8 Å². The van der Waals surface area contributed by atoms with E-state index in [1.54, 1.807) is 0 Å². The van der Waals surface area contributed by atoms with Crippen molar-refractivity contribution in [2.75, 3.05) is 0 Å². The average molecular weight is 408 g/mol. The van der Waals surface area contributed by atoms with Crippen LogP contribution >= 0.6 is 23.2 Å². The van der Waals surface area contributed by atoms with E-state index in [9.17, 15) is 19.4 Å². The SMILES string of the molecule is CC(C)[C@@H]1CC[C@@H](C)C[C@@]1(O)C(Cl)(Cl)S(=O)c1ccc([N+](=O)[O-])cc1. The van der Waals surface area contributed by atoms with Crippen LogP contribution in [0.15, 0.2) is 29.2 Å². The Labute approximate surface area is 160 Å². The summed E-state index contributed by atoms with van der Waals surface area (Å²) < 4.78 is 11.1. The molecule has 25 heavy (non-hydrogen) atoms. The number of rotatable bonds is 5. The van der Waals surface area contributed by atoms with Crippen LogP contribution < -0.4 is 0 Å². The van der Waals surface area contributed by atoms with Gasteiger partial charge in [-0.15, -0.1) is 0 Å². The van der Waals surface area contributed by atoms with E-state index in [1.165, 1.54) is 24.3 Å². The summed E-state index contributed by atoms with van der Waals surface area (Å²) >= 11 is 13.1. The summed E-state index contributed by atoms with van der Waals surface area (Å²) in [5.41, 5.74) is -1.62. The van der Waals surface area contributed by atoms with E-state index in [2.05, 4.69) is 0 Å². The molecule has 0 bridgehead atoms. The van der Waals surface area contributed by atoms with E-state index in [1.807, 2.05) is 20.8 Å². The number of hydrogen-bond acceptors (Lipinski definition) is 4. The van der Waals surface area contributed by atoms with E-state index in [0.717, 1.165) is 12.8 Å². The van der Waals surface area contributed by atoms with Gasteiger partial charge < -0.3 is 5.11 Å². The minimum Gasteiger partial charge on any atom is -0.385 e. The van der Waals surface area contributed by atoms with E-state index in [0.29, 0.717) is 6.42 Å². The third kappa shape index (κ3) is 3.87. The second kappa shape index (κ2) is 7.51. The lowest BCUT2D eigenvalue weighted by molar-refractivity contribution is -0.384. The first-order valence-corrected chi connectivity index (χ1v) is 10.2. The van der Waals surface area contributed by atoms with Crippen LogP contribution in [0.5, 0.6) is 0 Å². The molecular weight excluding hydrogens is 385 g/mol. The zero-order valence-electron chi connectivity index (χ0n) is 14.4. The molecule has 8 heteroatoms. The Morgan fingerprint density at radius 3 is 2.36 bits per heavy atom. The topological polar surface area (TPSA) is 80.4 Å². The number of benzene rings is 1. The summed E-state index contributed by atoms with van der Waals surface area (Å²) in [6, 6.07) is 5.25. The van der Waals surface area contributed by atoms with Crippen molar-refractivity contribution in [1.82, 2.24) is 0 Å². The van der Waals surface area contributed by atoms with Crippen molar-refractivity contribution in [3.63, 3.8) is 0 Å². The lowest BCUT2D eigenvalue weighted by atomic mass is 9.67. The minimum absolute atomic E-state index is 0.111. The van der Waals surface area contributed by atoms with Crippen molar-refractivity contribution < 1.29 is 14.2 Å². The smallest absolute Gasteiger partial charge is 0.269 e. The molecule has 0 heterocycles. The molecule has 2 rings (SSSR count). The van der Waals surface area contributed by atoms with Gasteiger partial charge in [-0.25, -0.2) is 0 Å². The second-order valence-corrected chi connectivity index (χ2v) is 10.6. The van der Waals surface area contributed by atoms with Gasteiger partial charge in [0.25, 0.3) is 5.69 Å². The Kier molecular flexibility index (Phi) is 6.19. The third-order valence-corrected chi connectivity index (χ3v) is 8.06.